The first-order chi connectivity index (χ1) is 7.94. The number of rotatable bonds is 2. The van der Waals surface area contributed by atoms with E-state index in [1.165, 1.54) is 0 Å². The Morgan fingerprint density at radius 3 is 2.47 bits per heavy atom. The minimum absolute atomic E-state index is 0.0515. The van der Waals surface area contributed by atoms with Crippen LogP contribution in [0.2, 0.25) is 5.02 Å². The fourth-order valence-electron chi connectivity index (χ4n) is 2.16. The summed E-state index contributed by atoms with van der Waals surface area (Å²) in [5, 5.41) is 3.99. The van der Waals surface area contributed by atoms with E-state index >= 15 is 0 Å². The third-order valence-corrected chi connectivity index (χ3v) is 3.01. The van der Waals surface area contributed by atoms with E-state index < -0.39 is 0 Å². The van der Waals surface area contributed by atoms with Crippen LogP contribution in [0, 0.1) is 5.41 Å². The van der Waals surface area contributed by atoms with Gasteiger partial charge in [-0.2, -0.15) is 0 Å². The van der Waals surface area contributed by atoms with Crippen LogP contribution in [-0.4, -0.2) is 5.78 Å². The van der Waals surface area contributed by atoms with E-state index in [4.69, 9.17) is 11.6 Å². The number of nitrogens with one attached hydrogen (secondary N) is 1. The zero-order chi connectivity index (χ0) is 12.5. The van der Waals surface area contributed by atoms with Crippen molar-refractivity contribution in [3.63, 3.8) is 0 Å². The summed E-state index contributed by atoms with van der Waals surface area (Å²) < 4.78 is 0. The van der Waals surface area contributed by atoms with Crippen molar-refractivity contribution in [1.82, 2.24) is 0 Å². The first-order valence-electron chi connectivity index (χ1n) is 5.71. The van der Waals surface area contributed by atoms with Crippen molar-refractivity contribution < 1.29 is 4.79 Å². The molecule has 0 radical (unpaired) electrons. The van der Waals surface area contributed by atoms with Gasteiger partial charge in [0.15, 0.2) is 0 Å². The fraction of sp³-hybridized carbons (Fsp3) is 0.357. The Balaban J connectivity index is 2.16. The molecule has 3 heteroatoms. The quantitative estimate of drug-likeness (QED) is 0.858. The van der Waals surface area contributed by atoms with Crippen molar-refractivity contribution in [1.29, 1.82) is 0 Å². The van der Waals surface area contributed by atoms with Crippen LogP contribution in [-0.2, 0) is 4.79 Å². The van der Waals surface area contributed by atoms with Gasteiger partial charge in [-0.15, -0.1) is 0 Å². The lowest BCUT2D eigenvalue weighted by Gasteiger charge is -2.27. The molecule has 1 aromatic rings. The molecule has 2 rings (SSSR count). The van der Waals surface area contributed by atoms with Gasteiger partial charge in [0.25, 0.3) is 0 Å². The second kappa shape index (κ2) is 4.53. The minimum atomic E-state index is -0.0515. The highest BCUT2D eigenvalue weighted by molar-refractivity contribution is 6.30. The molecule has 0 bridgehead atoms. The molecule has 90 valence electrons. The van der Waals surface area contributed by atoms with Crippen LogP contribution >= 0.6 is 11.6 Å². The average Bonchev–Trinajstić information content (AvgIpc) is 2.18. The third-order valence-electron chi connectivity index (χ3n) is 2.75. The molecule has 1 aliphatic carbocycles. The molecule has 1 aromatic carbocycles. The van der Waals surface area contributed by atoms with E-state index in [1.807, 2.05) is 24.3 Å². The molecule has 2 nitrogen and oxygen atoms in total. The van der Waals surface area contributed by atoms with E-state index in [0.717, 1.165) is 11.4 Å². The Kier molecular flexibility index (Phi) is 3.25. The maximum Gasteiger partial charge on any atom is 0.139 e. The van der Waals surface area contributed by atoms with Gasteiger partial charge in [-0.05, 0) is 29.7 Å². The smallest absolute Gasteiger partial charge is 0.139 e. The Morgan fingerprint density at radius 2 is 1.88 bits per heavy atom. The molecule has 0 amide bonds. The number of anilines is 1. The Morgan fingerprint density at radius 1 is 1.24 bits per heavy atom. The standard InChI is InChI=1S/C14H16ClNO/c1-14(2)8-12(7-13(17)9-14)16-11-5-3-10(15)4-6-11/h3-6,8,16H,7,9H2,1-2H3. The van der Waals surface area contributed by atoms with E-state index in [2.05, 4.69) is 25.2 Å². The van der Waals surface area contributed by atoms with Crippen LogP contribution in [0.3, 0.4) is 0 Å². The van der Waals surface area contributed by atoms with Gasteiger partial charge >= 0.3 is 0 Å². The van der Waals surface area contributed by atoms with Gasteiger partial charge in [-0.3, -0.25) is 4.79 Å². The molecule has 0 spiro atoms. The molecular weight excluding hydrogens is 234 g/mol. The van der Waals surface area contributed by atoms with E-state index in [-0.39, 0.29) is 11.2 Å². The van der Waals surface area contributed by atoms with Crippen molar-refractivity contribution in [2.75, 3.05) is 5.32 Å². The molecule has 1 N–H and O–H groups in total. The molecule has 0 fully saturated rings. The highest BCUT2D eigenvalue weighted by atomic mass is 35.5. The van der Waals surface area contributed by atoms with Gasteiger partial charge < -0.3 is 5.32 Å². The largest absolute Gasteiger partial charge is 0.359 e. The molecule has 0 atom stereocenters. The van der Waals surface area contributed by atoms with E-state index in [1.54, 1.807) is 0 Å². The summed E-state index contributed by atoms with van der Waals surface area (Å²) in [5.74, 6) is 0.286. The summed E-state index contributed by atoms with van der Waals surface area (Å²) >= 11 is 5.83. The van der Waals surface area contributed by atoms with Crippen molar-refractivity contribution in [2.24, 2.45) is 5.41 Å². The molecule has 0 saturated carbocycles. The van der Waals surface area contributed by atoms with E-state index in [9.17, 15) is 4.79 Å². The maximum atomic E-state index is 11.6. The molecule has 0 heterocycles. The molecule has 0 saturated heterocycles. The number of hydrogen-bond acceptors (Lipinski definition) is 2. The van der Waals surface area contributed by atoms with Crippen molar-refractivity contribution in [3.05, 3.63) is 41.1 Å². The summed E-state index contributed by atoms with van der Waals surface area (Å²) in [4.78, 5) is 11.6. The lowest BCUT2D eigenvalue weighted by atomic mass is 9.81. The normalized spacial score (nSPS) is 18.8. The summed E-state index contributed by atoms with van der Waals surface area (Å²) in [7, 11) is 0. The number of carbonyl (C=O) groups excluding carboxylic acids is 1. The Hall–Kier alpha value is -1.28. The fourth-order valence-corrected chi connectivity index (χ4v) is 2.28. The van der Waals surface area contributed by atoms with Crippen LogP contribution in [0.5, 0.6) is 0 Å². The predicted molar refractivity (Wildman–Crippen MR) is 71.2 cm³/mol. The summed E-state index contributed by atoms with van der Waals surface area (Å²) in [6, 6.07) is 7.49. The van der Waals surface area contributed by atoms with Gasteiger partial charge in [0.1, 0.15) is 5.78 Å². The number of Topliss-reactive ketones (excluding diaryl/α,β-unsaturated/α-hetero) is 1. The molecule has 0 unspecified atom stereocenters. The topological polar surface area (TPSA) is 29.1 Å². The predicted octanol–water partition coefficient (Wildman–Crippen LogP) is 4.02. The zero-order valence-electron chi connectivity index (χ0n) is 10.1. The van der Waals surface area contributed by atoms with Crippen molar-refractivity contribution in [2.45, 2.75) is 26.7 Å². The number of benzene rings is 1. The minimum Gasteiger partial charge on any atom is -0.359 e. The first-order valence-corrected chi connectivity index (χ1v) is 6.08. The van der Waals surface area contributed by atoms with Crippen LogP contribution < -0.4 is 5.32 Å². The zero-order valence-corrected chi connectivity index (χ0v) is 10.8. The van der Waals surface area contributed by atoms with Gasteiger partial charge in [0.05, 0.1) is 0 Å². The van der Waals surface area contributed by atoms with Crippen LogP contribution in [0.1, 0.15) is 26.7 Å². The summed E-state index contributed by atoms with van der Waals surface area (Å²) in [5.41, 5.74) is 1.89. The maximum absolute atomic E-state index is 11.6. The van der Waals surface area contributed by atoms with Gasteiger partial charge in [-0.25, -0.2) is 0 Å². The van der Waals surface area contributed by atoms with Crippen LogP contribution in [0.15, 0.2) is 36.0 Å². The van der Waals surface area contributed by atoms with Gasteiger partial charge in [0.2, 0.25) is 0 Å². The number of hydrogen-bond donors (Lipinski definition) is 1. The number of carbonyl (C=O) groups is 1. The van der Waals surface area contributed by atoms with Crippen molar-refractivity contribution in [3.8, 4) is 0 Å². The Labute approximate surface area is 107 Å². The third kappa shape index (κ3) is 3.34. The van der Waals surface area contributed by atoms with Gasteiger partial charge in [0, 0.05) is 29.2 Å². The molecule has 17 heavy (non-hydrogen) atoms. The molecular formula is C14H16ClNO. The number of ketones is 1. The van der Waals surface area contributed by atoms with Gasteiger partial charge in [-0.1, -0.05) is 31.5 Å². The lowest BCUT2D eigenvalue weighted by Crippen LogP contribution is -2.23. The van der Waals surface area contributed by atoms with Crippen LogP contribution in [0.25, 0.3) is 0 Å². The van der Waals surface area contributed by atoms with Crippen LogP contribution in [0.4, 0.5) is 5.69 Å². The summed E-state index contributed by atoms with van der Waals surface area (Å²) in [6.45, 7) is 4.15. The summed E-state index contributed by atoms with van der Waals surface area (Å²) in [6.07, 6.45) is 3.26. The monoisotopic (exact) mass is 249 g/mol. The number of halogens is 1. The Bertz CT molecular complexity index is 460. The second-order valence-electron chi connectivity index (χ2n) is 5.18. The molecule has 0 aromatic heterocycles. The average molecular weight is 250 g/mol. The van der Waals surface area contributed by atoms with E-state index in [0.29, 0.717) is 17.9 Å². The highest BCUT2D eigenvalue weighted by Gasteiger charge is 2.25. The lowest BCUT2D eigenvalue weighted by molar-refractivity contribution is -0.120. The number of allylic oxidation sites excluding steroid dienone is 2. The SMILES string of the molecule is CC1(C)C=C(Nc2ccc(Cl)cc2)CC(=O)C1. The molecule has 1 aliphatic rings. The van der Waals surface area contributed by atoms with Crippen molar-refractivity contribution >= 4 is 23.1 Å². The first kappa shape index (κ1) is 12.2. The highest BCUT2D eigenvalue weighted by Crippen LogP contribution is 2.31. The second-order valence-corrected chi connectivity index (χ2v) is 5.62. The molecule has 0 aliphatic heterocycles.